The van der Waals surface area contributed by atoms with Crippen LogP contribution in [-0.4, -0.2) is 64.2 Å². The summed E-state index contributed by atoms with van der Waals surface area (Å²) in [6.45, 7) is 5.48. The predicted molar refractivity (Wildman–Crippen MR) is 103 cm³/mol. The Morgan fingerprint density at radius 1 is 1.21 bits per heavy atom. The monoisotopic (exact) mass is 332 g/mol. The van der Waals surface area contributed by atoms with Gasteiger partial charge in [-0.05, 0) is 64.5 Å². The van der Waals surface area contributed by atoms with Gasteiger partial charge in [0.1, 0.15) is 5.75 Å². The molecule has 1 saturated heterocycles. The van der Waals surface area contributed by atoms with Gasteiger partial charge in [0.2, 0.25) is 0 Å². The fraction of sp³-hybridized carbons (Fsp3) is 0.650. The third-order valence-electron chi connectivity index (χ3n) is 5.24. The first-order valence-corrected chi connectivity index (χ1v) is 8.99. The highest BCUT2D eigenvalue weighted by molar-refractivity contribution is 5.58. The van der Waals surface area contributed by atoms with Crippen molar-refractivity contribution in [1.82, 2.24) is 9.80 Å². The molecule has 1 fully saturated rings. The Balaban J connectivity index is 2.04. The summed E-state index contributed by atoms with van der Waals surface area (Å²) in [5, 5.41) is 0. The molecule has 0 N–H and O–H groups in total. The van der Waals surface area contributed by atoms with Crippen molar-refractivity contribution in [3.8, 4) is 5.75 Å². The van der Waals surface area contributed by atoms with Gasteiger partial charge in [-0.25, -0.2) is 0 Å². The van der Waals surface area contributed by atoms with Crippen molar-refractivity contribution in [2.75, 3.05) is 53.3 Å². The average molecular weight is 333 g/mol. The SMILES string of the molecule is C[CH]C(C1CCN(Cc2c(OC)cccc2N(C)C)CC1)N(C)C. The normalized spacial score (nSPS) is 18.0. The van der Waals surface area contributed by atoms with Gasteiger partial charge in [-0.3, -0.25) is 4.90 Å². The first-order chi connectivity index (χ1) is 11.5. The van der Waals surface area contributed by atoms with Crippen LogP contribution in [0.5, 0.6) is 5.75 Å². The number of likely N-dealkylation sites (tertiary alicyclic amines) is 1. The van der Waals surface area contributed by atoms with Crippen molar-refractivity contribution in [2.24, 2.45) is 5.92 Å². The minimum absolute atomic E-state index is 0.593. The van der Waals surface area contributed by atoms with Crippen LogP contribution in [0.1, 0.15) is 25.3 Å². The molecular weight excluding hydrogens is 298 g/mol. The minimum atomic E-state index is 0.593. The van der Waals surface area contributed by atoms with Crippen LogP contribution in [0.4, 0.5) is 5.69 Å². The molecule has 0 aliphatic carbocycles. The molecule has 1 aliphatic rings. The van der Waals surface area contributed by atoms with E-state index in [1.165, 1.54) is 24.1 Å². The van der Waals surface area contributed by atoms with Crippen molar-refractivity contribution >= 4 is 5.69 Å². The molecule has 1 atom stereocenters. The number of rotatable bonds is 7. The summed E-state index contributed by atoms with van der Waals surface area (Å²) in [4.78, 5) is 7.10. The molecule has 1 unspecified atom stereocenters. The van der Waals surface area contributed by atoms with Gasteiger partial charge in [0.25, 0.3) is 0 Å². The van der Waals surface area contributed by atoms with Gasteiger partial charge in [-0.2, -0.15) is 0 Å². The summed E-state index contributed by atoms with van der Waals surface area (Å²) in [5.41, 5.74) is 2.55. The van der Waals surface area contributed by atoms with E-state index in [2.05, 4.69) is 74.4 Å². The molecule has 24 heavy (non-hydrogen) atoms. The number of nitrogens with zero attached hydrogens (tertiary/aromatic N) is 3. The molecule has 1 aromatic rings. The predicted octanol–water partition coefficient (Wildman–Crippen LogP) is 3.13. The van der Waals surface area contributed by atoms with E-state index in [4.69, 9.17) is 4.74 Å². The van der Waals surface area contributed by atoms with Crippen LogP contribution in [0, 0.1) is 12.3 Å². The lowest BCUT2D eigenvalue weighted by Crippen LogP contribution is -2.42. The molecule has 4 nitrogen and oxygen atoms in total. The van der Waals surface area contributed by atoms with Crippen LogP contribution in [0.25, 0.3) is 0 Å². The smallest absolute Gasteiger partial charge is 0.125 e. The second-order valence-corrected chi connectivity index (χ2v) is 7.25. The average Bonchev–Trinajstić information content (AvgIpc) is 2.56. The highest BCUT2D eigenvalue weighted by atomic mass is 16.5. The van der Waals surface area contributed by atoms with Crippen LogP contribution in [0.3, 0.4) is 0 Å². The Labute approximate surface area is 148 Å². The number of methoxy groups -OCH3 is 1. The summed E-state index contributed by atoms with van der Waals surface area (Å²) in [7, 11) is 10.3. The van der Waals surface area contributed by atoms with Gasteiger partial charge in [0, 0.05) is 37.9 Å². The molecule has 1 aromatic carbocycles. The van der Waals surface area contributed by atoms with E-state index in [9.17, 15) is 0 Å². The molecule has 1 aliphatic heterocycles. The van der Waals surface area contributed by atoms with E-state index in [-0.39, 0.29) is 0 Å². The van der Waals surface area contributed by atoms with Crippen molar-refractivity contribution < 1.29 is 4.74 Å². The maximum atomic E-state index is 5.62. The Hall–Kier alpha value is -1.26. The van der Waals surface area contributed by atoms with E-state index in [1.807, 2.05) is 0 Å². The highest BCUT2D eigenvalue weighted by Crippen LogP contribution is 2.32. The van der Waals surface area contributed by atoms with Crippen LogP contribution in [0.15, 0.2) is 18.2 Å². The van der Waals surface area contributed by atoms with Crippen LogP contribution in [-0.2, 0) is 6.54 Å². The quantitative estimate of drug-likeness (QED) is 0.763. The maximum absolute atomic E-state index is 5.62. The summed E-state index contributed by atoms with van der Waals surface area (Å²) in [6, 6.07) is 6.92. The first-order valence-electron chi connectivity index (χ1n) is 8.99. The third kappa shape index (κ3) is 4.42. The minimum Gasteiger partial charge on any atom is -0.496 e. The lowest BCUT2D eigenvalue weighted by molar-refractivity contribution is 0.126. The highest BCUT2D eigenvalue weighted by Gasteiger charge is 2.27. The molecule has 0 saturated carbocycles. The Morgan fingerprint density at radius 2 is 1.88 bits per heavy atom. The largest absolute Gasteiger partial charge is 0.496 e. The summed E-state index contributed by atoms with van der Waals surface area (Å²) in [5.74, 6) is 1.77. The molecule has 0 amide bonds. The van der Waals surface area contributed by atoms with E-state index in [0.717, 1.165) is 31.3 Å². The van der Waals surface area contributed by atoms with Crippen molar-refractivity contribution in [2.45, 2.75) is 32.4 Å². The van der Waals surface area contributed by atoms with Crippen LogP contribution in [0.2, 0.25) is 0 Å². The lowest BCUT2D eigenvalue weighted by atomic mass is 9.87. The van der Waals surface area contributed by atoms with Crippen molar-refractivity contribution in [3.05, 3.63) is 30.2 Å². The van der Waals surface area contributed by atoms with Crippen LogP contribution < -0.4 is 9.64 Å². The Bertz CT molecular complexity index is 508. The Kier molecular flexibility index (Phi) is 6.93. The second-order valence-electron chi connectivity index (χ2n) is 7.25. The van der Waals surface area contributed by atoms with Gasteiger partial charge in [0.15, 0.2) is 0 Å². The first kappa shape index (κ1) is 19.1. The standard InChI is InChI=1S/C20H34N3O/c1-7-18(21(2)3)16-11-13-23(14-12-16)15-17-19(22(4)5)9-8-10-20(17)24-6/h7-10,16,18H,11-15H2,1-6H3. The van der Waals surface area contributed by atoms with E-state index < -0.39 is 0 Å². The molecule has 0 spiro atoms. The molecule has 135 valence electrons. The van der Waals surface area contributed by atoms with Gasteiger partial charge in [-0.15, -0.1) is 0 Å². The lowest BCUT2D eigenvalue weighted by Gasteiger charge is -2.38. The third-order valence-corrected chi connectivity index (χ3v) is 5.24. The number of piperidine rings is 1. The summed E-state index contributed by atoms with van der Waals surface area (Å²) < 4.78 is 5.62. The number of benzene rings is 1. The van der Waals surface area contributed by atoms with Gasteiger partial charge in [-0.1, -0.05) is 13.0 Å². The number of hydrogen-bond donors (Lipinski definition) is 0. The van der Waals surface area contributed by atoms with Gasteiger partial charge >= 0.3 is 0 Å². The van der Waals surface area contributed by atoms with E-state index >= 15 is 0 Å². The Morgan fingerprint density at radius 3 is 2.38 bits per heavy atom. The second kappa shape index (κ2) is 8.72. The summed E-state index contributed by atoms with van der Waals surface area (Å²) in [6.07, 6.45) is 4.88. The topological polar surface area (TPSA) is 19.0 Å². The van der Waals surface area contributed by atoms with E-state index in [0.29, 0.717) is 6.04 Å². The molecule has 2 rings (SSSR count). The molecule has 1 radical (unpaired) electrons. The molecule has 1 heterocycles. The zero-order valence-corrected chi connectivity index (χ0v) is 16.2. The number of hydrogen-bond acceptors (Lipinski definition) is 4. The zero-order valence-electron chi connectivity index (χ0n) is 16.2. The van der Waals surface area contributed by atoms with Crippen molar-refractivity contribution in [1.29, 1.82) is 0 Å². The van der Waals surface area contributed by atoms with Gasteiger partial charge < -0.3 is 14.5 Å². The zero-order chi connectivity index (χ0) is 17.7. The fourth-order valence-electron chi connectivity index (χ4n) is 3.99. The number of anilines is 1. The molecular formula is C20H34N3O. The van der Waals surface area contributed by atoms with Crippen LogP contribution >= 0.6 is 0 Å². The van der Waals surface area contributed by atoms with Gasteiger partial charge in [0.05, 0.1) is 7.11 Å². The van der Waals surface area contributed by atoms with E-state index in [1.54, 1.807) is 7.11 Å². The number of ether oxygens (including phenoxy) is 1. The molecule has 0 aromatic heterocycles. The fourth-order valence-corrected chi connectivity index (χ4v) is 3.99. The summed E-state index contributed by atoms with van der Waals surface area (Å²) >= 11 is 0. The maximum Gasteiger partial charge on any atom is 0.125 e. The molecule has 0 bridgehead atoms. The van der Waals surface area contributed by atoms with Crippen molar-refractivity contribution in [3.63, 3.8) is 0 Å². The molecule has 4 heteroatoms.